The highest BCUT2D eigenvalue weighted by molar-refractivity contribution is 6.13. The van der Waals surface area contributed by atoms with Crippen LogP contribution >= 0.6 is 0 Å². The van der Waals surface area contributed by atoms with E-state index in [2.05, 4.69) is 15.5 Å². The molecule has 0 unspecified atom stereocenters. The molecule has 3 aromatic heterocycles. The summed E-state index contributed by atoms with van der Waals surface area (Å²) >= 11 is 0. The van der Waals surface area contributed by atoms with Crippen LogP contribution in [0, 0.1) is 20.8 Å². The molecule has 29 heavy (non-hydrogen) atoms. The maximum Gasteiger partial charge on any atom is 0.335 e. The molecule has 0 aliphatic rings. The lowest BCUT2D eigenvalue weighted by molar-refractivity contribution is 0.0696. The SMILES string of the molecule is Cc1cc(-c2cc(C(=O)Nc3ccc(C(=O)O)cc3)c3c(C)noc3n2)c(C)o1. The lowest BCUT2D eigenvalue weighted by Crippen LogP contribution is -2.13. The first kappa shape index (κ1) is 18.4. The molecule has 3 heterocycles. The third-order valence-electron chi connectivity index (χ3n) is 4.57. The van der Waals surface area contributed by atoms with E-state index in [0.29, 0.717) is 33.8 Å². The molecule has 0 spiro atoms. The van der Waals surface area contributed by atoms with E-state index in [4.69, 9.17) is 14.0 Å². The van der Waals surface area contributed by atoms with Crippen molar-refractivity contribution in [1.82, 2.24) is 10.1 Å². The molecule has 8 heteroatoms. The first-order valence-corrected chi connectivity index (χ1v) is 8.82. The highest BCUT2D eigenvalue weighted by atomic mass is 16.5. The standard InChI is InChI=1S/C21H17N3O5/c1-10-8-15(12(3)28-10)17-9-16(18-11(2)24-29-20(18)23-17)19(25)22-14-6-4-13(5-7-14)21(26)27/h4-9H,1-3H3,(H,22,25)(H,26,27). The molecule has 0 bridgehead atoms. The third-order valence-corrected chi connectivity index (χ3v) is 4.57. The zero-order valence-electron chi connectivity index (χ0n) is 15.9. The summed E-state index contributed by atoms with van der Waals surface area (Å²) in [5.41, 5.74) is 3.06. The zero-order chi connectivity index (χ0) is 20.7. The average Bonchev–Trinajstić information content (AvgIpc) is 3.23. The number of carbonyl (C=O) groups excluding carboxylic acids is 1. The number of nitrogens with zero attached hydrogens (tertiary/aromatic N) is 2. The monoisotopic (exact) mass is 391 g/mol. The van der Waals surface area contributed by atoms with E-state index in [1.807, 2.05) is 19.9 Å². The van der Waals surface area contributed by atoms with Gasteiger partial charge in [0.1, 0.15) is 11.5 Å². The first-order chi connectivity index (χ1) is 13.8. The third kappa shape index (κ3) is 3.36. The molecule has 8 nitrogen and oxygen atoms in total. The van der Waals surface area contributed by atoms with Crippen LogP contribution in [-0.2, 0) is 0 Å². The quantitative estimate of drug-likeness (QED) is 0.530. The van der Waals surface area contributed by atoms with Crippen molar-refractivity contribution in [3.8, 4) is 11.3 Å². The largest absolute Gasteiger partial charge is 0.478 e. The number of aryl methyl sites for hydroxylation is 3. The van der Waals surface area contributed by atoms with Gasteiger partial charge >= 0.3 is 5.97 Å². The fraction of sp³-hybridized carbons (Fsp3) is 0.143. The number of nitrogens with one attached hydrogen (secondary N) is 1. The predicted octanol–water partition coefficient (Wildman–Crippen LogP) is 4.36. The van der Waals surface area contributed by atoms with Crippen molar-refractivity contribution in [1.29, 1.82) is 0 Å². The molecule has 146 valence electrons. The number of hydrogen-bond donors (Lipinski definition) is 2. The Bertz CT molecular complexity index is 1250. The summed E-state index contributed by atoms with van der Waals surface area (Å²) in [5.74, 6) is -0.000925. The molecular weight excluding hydrogens is 374 g/mol. The summed E-state index contributed by atoms with van der Waals surface area (Å²) in [6.45, 7) is 5.39. The number of carbonyl (C=O) groups is 2. The molecular formula is C21H17N3O5. The number of benzene rings is 1. The van der Waals surface area contributed by atoms with Crippen LogP contribution in [0.2, 0.25) is 0 Å². The summed E-state index contributed by atoms with van der Waals surface area (Å²) in [5, 5.41) is 16.2. The molecule has 0 aliphatic heterocycles. The van der Waals surface area contributed by atoms with Gasteiger partial charge in [0.25, 0.3) is 11.6 Å². The van der Waals surface area contributed by atoms with Crippen molar-refractivity contribution in [2.45, 2.75) is 20.8 Å². The number of rotatable bonds is 4. The number of pyridine rings is 1. The molecule has 1 amide bonds. The van der Waals surface area contributed by atoms with E-state index in [9.17, 15) is 9.59 Å². The number of furan rings is 1. The first-order valence-electron chi connectivity index (χ1n) is 8.82. The van der Waals surface area contributed by atoms with Gasteiger partial charge in [-0.05, 0) is 57.2 Å². The molecule has 0 saturated carbocycles. The lowest BCUT2D eigenvalue weighted by atomic mass is 10.1. The van der Waals surface area contributed by atoms with E-state index in [1.54, 1.807) is 13.0 Å². The van der Waals surface area contributed by atoms with Crippen molar-refractivity contribution >= 4 is 28.7 Å². The molecule has 0 fully saturated rings. The molecule has 4 rings (SSSR count). The maximum absolute atomic E-state index is 13.0. The Hall–Kier alpha value is -3.94. The van der Waals surface area contributed by atoms with Crippen molar-refractivity contribution in [2.75, 3.05) is 5.32 Å². The summed E-state index contributed by atoms with van der Waals surface area (Å²) in [6.07, 6.45) is 0. The lowest BCUT2D eigenvalue weighted by Gasteiger charge is -2.08. The van der Waals surface area contributed by atoms with Crippen LogP contribution in [0.4, 0.5) is 5.69 Å². The number of aromatic carboxylic acids is 1. The van der Waals surface area contributed by atoms with Gasteiger partial charge in [-0.25, -0.2) is 9.78 Å². The van der Waals surface area contributed by atoms with Gasteiger partial charge in [-0.1, -0.05) is 5.16 Å². The number of carboxylic acid groups (broad SMARTS) is 1. The number of amides is 1. The van der Waals surface area contributed by atoms with Crippen LogP contribution in [0.25, 0.3) is 22.4 Å². The van der Waals surface area contributed by atoms with Gasteiger partial charge in [-0.2, -0.15) is 0 Å². The number of anilines is 1. The second-order valence-electron chi connectivity index (χ2n) is 6.67. The van der Waals surface area contributed by atoms with Gasteiger partial charge in [0.2, 0.25) is 0 Å². The molecule has 0 radical (unpaired) electrons. The maximum atomic E-state index is 13.0. The Labute approximate surface area is 165 Å². The van der Waals surface area contributed by atoms with Crippen LogP contribution < -0.4 is 5.32 Å². The van der Waals surface area contributed by atoms with E-state index < -0.39 is 5.97 Å². The Morgan fingerprint density at radius 1 is 1.07 bits per heavy atom. The number of fused-ring (bicyclic) bond motifs is 1. The Morgan fingerprint density at radius 3 is 2.41 bits per heavy atom. The summed E-state index contributed by atoms with van der Waals surface area (Å²) in [7, 11) is 0. The zero-order valence-corrected chi connectivity index (χ0v) is 15.9. The molecule has 2 N–H and O–H groups in total. The highest BCUT2D eigenvalue weighted by Crippen LogP contribution is 2.30. The van der Waals surface area contributed by atoms with Gasteiger partial charge in [0, 0.05) is 11.3 Å². The normalized spacial score (nSPS) is 11.0. The minimum Gasteiger partial charge on any atom is -0.478 e. The van der Waals surface area contributed by atoms with Crippen LogP contribution in [0.5, 0.6) is 0 Å². The minimum absolute atomic E-state index is 0.136. The smallest absolute Gasteiger partial charge is 0.335 e. The van der Waals surface area contributed by atoms with E-state index in [1.165, 1.54) is 24.3 Å². The van der Waals surface area contributed by atoms with Gasteiger partial charge in [-0.15, -0.1) is 0 Å². The van der Waals surface area contributed by atoms with Gasteiger partial charge < -0.3 is 19.4 Å². The Kier molecular flexibility index (Phi) is 4.38. The average molecular weight is 391 g/mol. The van der Waals surface area contributed by atoms with Crippen LogP contribution in [-0.4, -0.2) is 27.1 Å². The van der Waals surface area contributed by atoms with Crippen molar-refractivity contribution in [3.05, 3.63) is 64.7 Å². The Morgan fingerprint density at radius 2 is 1.79 bits per heavy atom. The fourth-order valence-corrected chi connectivity index (χ4v) is 3.19. The van der Waals surface area contributed by atoms with Crippen molar-refractivity contribution < 1.29 is 23.6 Å². The number of aromatic nitrogens is 2. The van der Waals surface area contributed by atoms with E-state index in [-0.39, 0.29) is 17.2 Å². The molecule has 0 saturated heterocycles. The highest BCUT2D eigenvalue weighted by Gasteiger charge is 2.21. The molecule has 1 aromatic carbocycles. The van der Waals surface area contributed by atoms with E-state index in [0.717, 1.165) is 11.3 Å². The van der Waals surface area contributed by atoms with Gasteiger partial charge in [0.15, 0.2) is 0 Å². The fourth-order valence-electron chi connectivity index (χ4n) is 3.19. The van der Waals surface area contributed by atoms with Crippen LogP contribution in [0.15, 0.2) is 45.3 Å². The van der Waals surface area contributed by atoms with Crippen LogP contribution in [0.1, 0.15) is 37.9 Å². The van der Waals surface area contributed by atoms with Crippen LogP contribution in [0.3, 0.4) is 0 Å². The van der Waals surface area contributed by atoms with Crippen molar-refractivity contribution in [3.63, 3.8) is 0 Å². The van der Waals surface area contributed by atoms with Gasteiger partial charge in [0.05, 0.1) is 27.9 Å². The molecule has 4 aromatic rings. The summed E-state index contributed by atoms with van der Waals surface area (Å²) in [6, 6.07) is 9.43. The second-order valence-corrected chi connectivity index (χ2v) is 6.67. The number of hydrogen-bond acceptors (Lipinski definition) is 6. The van der Waals surface area contributed by atoms with Crippen molar-refractivity contribution in [2.24, 2.45) is 0 Å². The predicted molar refractivity (Wildman–Crippen MR) is 105 cm³/mol. The molecule has 0 atom stereocenters. The molecule has 0 aliphatic carbocycles. The van der Waals surface area contributed by atoms with E-state index >= 15 is 0 Å². The summed E-state index contributed by atoms with van der Waals surface area (Å²) in [4.78, 5) is 28.5. The minimum atomic E-state index is -1.03. The second kappa shape index (κ2) is 6.90. The van der Waals surface area contributed by atoms with Gasteiger partial charge in [-0.3, -0.25) is 4.79 Å². The Balaban J connectivity index is 1.77. The number of carboxylic acids is 1. The summed E-state index contributed by atoms with van der Waals surface area (Å²) < 4.78 is 10.9. The topological polar surface area (TPSA) is 118 Å².